The van der Waals surface area contributed by atoms with E-state index in [1.54, 1.807) is 0 Å². The Labute approximate surface area is 94.1 Å². The van der Waals surface area contributed by atoms with Gasteiger partial charge in [0, 0.05) is 12.6 Å². The van der Waals surface area contributed by atoms with Crippen molar-refractivity contribution in [2.45, 2.75) is 12.8 Å². The molecule has 96 valence electrons. The predicted molar refractivity (Wildman–Crippen MR) is 55.3 cm³/mol. The van der Waals surface area contributed by atoms with Crippen LogP contribution in [0.2, 0.25) is 0 Å². The largest absolute Gasteiger partial charge is 0.463 e. The zero-order valence-electron chi connectivity index (χ0n) is 8.89. The van der Waals surface area contributed by atoms with Crippen LogP contribution in [0.4, 0.5) is 0 Å². The minimum atomic E-state index is -2.32. The van der Waals surface area contributed by atoms with Crippen LogP contribution < -0.4 is 0 Å². The van der Waals surface area contributed by atoms with Gasteiger partial charge in [0.15, 0.2) is 0 Å². The molecular formula is C8H17O7P. The van der Waals surface area contributed by atoms with E-state index in [4.69, 9.17) is 10.2 Å². The SMILES string of the molecule is O=C(CCC[PH](=O)OOCCO)OCCO. The summed E-state index contributed by atoms with van der Waals surface area (Å²) in [5, 5.41) is 16.7. The van der Waals surface area contributed by atoms with Crippen molar-refractivity contribution in [3.05, 3.63) is 0 Å². The average molecular weight is 256 g/mol. The van der Waals surface area contributed by atoms with Gasteiger partial charge in [-0.25, -0.2) is 4.89 Å². The molecule has 0 heterocycles. The van der Waals surface area contributed by atoms with Gasteiger partial charge in [-0.3, -0.25) is 9.36 Å². The van der Waals surface area contributed by atoms with Crippen LogP contribution in [-0.4, -0.2) is 48.8 Å². The Balaban J connectivity index is 3.36. The molecule has 0 rings (SSSR count). The summed E-state index contributed by atoms with van der Waals surface area (Å²) >= 11 is 0. The molecule has 7 nitrogen and oxygen atoms in total. The highest BCUT2D eigenvalue weighted by Crippen LogP contribution is 2.23. The van der Waals surface area contributed by atoms with Gasteiger partial charge in [0.1, 0.15) is 13.2 Å². The minimum absolute atomic E-state index is 0.0237. The molecule has 0 amide bonds. The monoisotopic (exact) mass is 256 g/mol. The lowest BCUT2D eigenvalue weighted by atomic mass is 10.3. The number of aliphatic hydroxyl groups excluding tert-OH is 2. The Morgan fingerprint density at radius 3 is 2.50 bits per heavy atom. The van der Waals surface area contributed by atoms with Crippen molar-refractivity contribution in [3.8, 4) is 0 Å². The summed E-state index contributed by atoms with van der Waals surface area (Å²) in [5.41, 5.74) is 0. The molecule has 1 unspecified atom stereocenters. The van der Waals surface area contributed by atoms with Crippen molar-refractivity contribution in [2.75, 3.05) is 32.6 Å². The van der Waals surface area contributed by atoms with Crippen molar-refractivity contribution in [1.29, 1.82) is 0 Å². The molecule has 0 saturated carbocycles. The van der Waals surface area contributed by atoms with Crippen molar-refractivity contribution >= 4 is 14.0 Å². The number of ether oxygens (including phenoxy) is 1. The standard InChI is InChI=1S/C8H17O7P/c9-3-5-13-8(11)2-1-7-16(12)15-14-6-4-10/h9-10,16H,1-7H2. The lowest BCUT2D eigenvalue weighted by Gasteiger charge is -2.03. The minimum Gasteiger partial charge on any atom is -0.463 e. The number of aliphatic hydroxyl groups is 2. The van der Waals surface area contributed by atoms with Crippen molar-refractivity contribution in [3.63, 3.8) is 0 Å². The summed E-state index contributed by atoms with van der Waals surface area (Å²) in [5.74, 6) is -0.444. The first kappa shape index (κ1) is 15.5. The molecular weight excluding hydrogens is 239 g/mol. The molecule has 0 bridgehead atoms. The first-order valence-corrected chi connectivity index (χ1v) is 6.42. The second kappa shape index (κ2) is 11.0. The molecule has 0 aliphatic carbocycles. The zero-order valence-corrected chi connectivity index (χ0v) is 9.89. The summed E-state index contributed by atoms with van der Waals surface area (Å²) < 4.78 is 20.1. The van der Waals surface area contributed by atoms with E-state index in [-0.39, 0.29) is 39.0 Å². The van der Waals surface area contributed by atoms with Gasteiger partial charge in [-0.2, -0.15) is 4.67 Å². The maximum absolute atomic E-state index is 11.1. The Bertz CT molecular complexity index is 209. The Morgan fingerprint density at radius 1 is 1.19 bits per heavy atom. The van der Waals surface area contributed by atoms with E-state index in [2.05, 4.69) is 14.3 Å². The molecule has 8 heteroatoms. The summed E-state index contributed by atoms with van der Waals surface area (Å²) in [7, 11) is -2.32. The fourth-order valence-electron chi connectivity index (χ4n) is 0.795. The average Bonchev–Trinajstić information content (AvgIpc) is 2.26. The molecule has 0 radical (unpaired) electrons. The summed E-state index contributed by atoms with van der Waals surface area (Å²) in [6, 6.07) is 0. The highest BCUT2D eigenvalue weighted by atomic mass is 31.1. The van der Waals surface area contributed by atoms with Crippen molar-refractivity contribution < 1.29 is 33.9 Å². The van der Waals surface area contributed by atoms with Gasteiger partial charge in [0.25, 0.3) is 0 Å². The Kier molecular flexibility index (Phi) is 10.7. The number of esters is 1. The van der Waals surface area contributed by atoms with E-state index in [0.29, 0.717) is 6.42 Å². The third kappa shape index (κ3) is 10.1. The molecule has 0 aliphatic heterocycles. The summed E-state index contributed by atoms with van der Waals surface area (Å²) in [4.78, 5) is 15.3. The van der Waals surface area contributed by atoms with Gasteiger partial charge in [0.05, 0.1) is 13.2 Å². The van der Waals surface area contributed by atoms with Gasteiger partial charge in [-0.05, 0) is 6.42 Å². The van der Waals surface area contributed by atoms with Crippen molar-refractivity contribution in [1.82, 2.24) is 0 Å². The molecule has 0 aromatic carbocycles. The van der Waals surface area contributed by atoms with E-state index >= 15 is 0 Å². The highest BCUT2D eigenvalue weighted by Gasteiger charge is 2.05. The van der Waals surface area contributed by atoms with Crippen LogP contribution >= 0.6 is 8.03 Å². The molecule has 1 atom stereocenters. The fraction of sp³-hybridized carbons (Fsp3) is 0.875. The van der Waals surface area contributed by atoms with Crippen LogP contribution in [0.25, 0.3) is 0 Å². The fourth-order valence-corrected chi connectivity index (χ4v) is 1.56. The van der Waals surface area contributed by atoms with Crippen molar-refractivity contribution in [2.24, 2.45) is 0 Å². The maximum Gasteiger partial charge on any atom is 0.305 e. The number of hydrogen-bond donors (Lipinski definition) is 2. The number of carbonyl (C=O) groups excluding carboxylic acids is 1. The number of carbonyl (C=O) groups is 1. The molecule has 0 aromatic heterocycles. The molecule has 2 N–H and O–H groups in total. The van der Waals surface area contributed by atoms with Crippen LogP contribution in [0.5, 0.6) is 0 Å². The van der Waals surface area contributed by atoms with Gasteiger partial charge in [0.2, 0.25) is 8.03 Å². The van der Waals surface area contributed by atoms with Gasteiger partial charge < -0.3 is 14.9 Å². The molecule has 16 heavy (non-hydrogen) atoms. The topological polar surface area (TPSA) is 102 Å². The molecule has 0 saturated heterocycles. The van der Waals surface area contributed by atoms with E-state index in [1.165, 1.54) is 0 Å². The third-order valence-corrected chi connectivity index (χ3v) is 2.51. The van der Waals surface area contributed by atoms with Crippen LogP contribution in [0, 0.1) is 0 Å². The second-order valence-electron chi connectivity index (χ2n) is 2.80. The second-order valence-corrected chi connectivity index (χ2v) is 4.21. The third-order valence-electron chi connectivity index (χ3n) is 1.44. The normalized spacial score (nSPS) is 12.4. The molecule has 0 fully saturated rings. The lowest BCUT2D eigenvalue weighted by Crippen LogP contribution is -2.08. The van der Waals surface area contributed by atoms with Gasteiger partial charge in [-0.1, -0.05) is 0 Å². The van der Waals surface area contributed by atoms with Gasteiger partial charge >= 0.3 is 5.97 Å². The van der Waals surface area contributed by atoms with E-state index < -0.39 is 14.0 Å². The van der Waals surface area contributed by atoms with E-state index in [0.717, 1.165) is 0 Å². The molecule has 0 spiro atoms. The number of rotatable bonds is 10. The smallest absolute Gasteiger partial charge is 0.305 e. The van der Waals surface area contributed by atoms with Crippen LogP contribution in [0.15, 0.2) is 0 Å². The zero-order chi connectivity index (χ0) is 12.2. The first-order chi connectivity index (χ1) is 7.70. The van der Waals surface area contributed by atoms with Gasteiger partial charge in [-0.15, -0.1) is 0 Å². The molecule has 0 aliphatic rings. The Hall–Kier alpha value is -0.460. The van der Waals surface area contributed by atoms with E-state index in [9.17, 15) is 9.36 Å². The maximum atomic E-state index is 11.1. The quantitative estimate of drug-likeness (QED) is 0.182. The summed E-state index contributed by atoms with van der Waals surface area (Å²) in [6.07, 6.45) is 0.703. The van der Waals surface area contributed by atoms with Crippen LogP contribution in [-0.2, 0) is 23.7 Å². The summed E-state index contributed by atoms with van der Waals surface area (Å²) in [6.45, 7) is -0.470. The molecule has 0 aromatic rings. The highest BCUT2D eigenvalue weighted by molar-refractivity contribution is 7.38. The van der Waals surface area contributed by atoms with E-state index in [1.807, 2.05) is 0 Å². The first-order valence-electron chi connectivity index (χ1n) is 4.90. The lowest BCUT2D eigenvalue weighted by molar-refractivity contribution is -0.206. The Morgan fingerprint density at radius 2 is 1.88 bits per heavy atom. The number of hydrogen-bond acceptors (Lipinski definition) is 7. The predicted octanol–water partition coefficient (Wildman–Crippen LogP) is -0.283. The van der Waals surface area contributed by atoms with Crippen LogP contribution in [0.3, 0.4) is 0 Å². The van der Waals surface area contributed by atoms with Crippen LogP contribution in [0.1, 0.15) is 12.8 Å².